The minimum atomic E-state index is -1.46. The van der Waals surface area contributed by atoms with Crippen LogP contribution in [-0.2, 0) is 23.8 Å². The second-order valence-corrected chi connectivity index (χ2v) is 6.22. The maximum atomic E-state index is 11.4. The number of aliphatic carboxylic acids is 1. The standard InChI is InChI=1S/C16H28N2O10/c1-9(20)18-12-14(24)13(23)10(8-27-16(25)17-5-6-19)28-15(12)26-7-3-2-4-11(21)22/h10,12-15,19,23-24H,2-8H2,1H3,(H,17,25)(H,18,20)(H,21,22). The summed E-state index contributed by atoms with van der Waals surface area (Å²) in [6.07, 6.45) is -5.26. The maximum absolute atomic E-state index is 11.4. The van der Waals surface area contributed by atoms with E-state index in [9.17, 15) is 24.6 Å². The molecule has 12 heteroatoms. The summed E-state index contributed by atoms with van der Waals surface area (Å²) in [4.78, 5) is 33.3. The first-order chi connectivity index (χ1) is 13.3. The Kier molecular flexibility index (Phi) is 10.7. The summed E-state index contributed by atoms with van der Waals surface area (Å²) in [6.45, 7) is 0.640. The zero-order valence-electron chi connectivity index (χ0n) is 15.6. The summed E-state index contributed by atoms with van der Waals surface area (Å²) in [5.41, 5.74) is 0. The fraction of sp³-hybridized carbons (Fsp3) is 0.812. The monoisotopic (exact) mass is 408 g/mol. The van der Waals surface area contributed by atoms with Crippen molar-refractivity contribution >= 4 is 18.0 Å². The number of amides is 2. The van der Waals surface area contributed by atoms with Crippen LogP contribution in [0, 0.1) is 0 Å². The molecule has 28 heavy (non-hydrogen) atoms. The molecule has 1 aliphatic rings. The van der Waals surface area contributed by atoms with Crippen molar-refractivity contribution in [2.75, 3.05) is 26.4 Å². The van der Waals surface area contributed by atoms with Gasteiger partial charge in [0.1, 0.15) is 31.0 Å². The van der Waals surface area contributed by atoms with E-state index in [1.54, 1.807) is 0 Å². The van der Waals surface area contributed by atoms with Crippen LogP contribution < -0.4 is 10.6 Å². The lowest BCUT2D eigenvalue weighted by Crippen LogP contribution is -2.64. The van der Waals surface area contributed by atoms with Crippen LogP contribution in [0.2, 0.25) is 0 Å². The second kappa shape index (κ2) is 12.5. The van der Waals surface area contributed by atoms with E-state index in [-0.39, 0.29) is 26.2 Å². The number of aliphatic hydroxyl groups is 3. The molecule has 0 bridgehead atoms. The smallest absolute Gasteiger partial charge is 0.407 e. The van der Waals surface area contributed by atoms with Crippen LogP contribution in [0.25, 0.3) is 0 Å². The highest BCUT2D eigenvalue weighted by atomic mass is 16.7. The Labute approximate surface area is 161 Å². The average molecular weight is 408 g/mol. The van der Waals surface area contributed by atoms with Crippen molar-refractivity contribution in [2.45, 2.75) is 56.8 Å². The van der Waals surface area contributed by atoms with E-state index in [4.69, 9.17) is 24.4 Å². The molecule has 0 aromatic rings. The number of alkyl carbamates (subject to hydrolysis) is 1. The van der Waals surface area contributed by atoms with Gasteiger partial charge in [0.2, 0.25) is 5.91 Å². The molecule has 0 spiro atoms. The third-order valence-electron chi connectivity index (χ3n) is 3.90. The second-order valence-electron chi connectivity index (χ2n) is 6.22. The fourth-order valence-corrected chi connectivity index (χ4v) is 2.54. The van der Waals surface area contributed by atoms with Gasteiger partial charge in [-0.1, -0.05) is 0 Å². The van der Waals surface area contributed by atoms with Gasteiger partial charge >= 0.3 is 12.1 Å². The minimum Gasteiger partial charge on any atom is -0.481 e. The van der Waals surface area contributed by atoms with Crippen molar-refractivity contribution in [2.24, 2.45) is 0 Å². The van der Waals surface area contributed by atoms with Crippen LogP contribution in [-0.4, -0.2) is 95.4 Å². The molecule has 5 atom stereocenters. The van der Waals surface area contributed by atoms with Crippen LogP contribution in [0.1, 0.15) is 26.2 Å². The van der Waals surface area contributed by atoms with Gasteiger partial charge in [-0.3, -0.25) is 9.59 Å². The van der Waals surface area contributed by atoms with Gasteiger partial charge in [0.05, 0.1) is 6.61 Å². The molecule has 5 unspecified atom stereocenters. The molecule has 162 valence electrons. The van der Waals surface area contributed by atoms with E-state index in [1.807, 2.05) is 0 Å². The van der Waals surface area contributed by atoms with Crippen LogP contribution in [0.5, 0.6) is 0 Å². The summed E-state index contributed by atoms with van der Waals surface area (Å²) in [5.74, 6) is -1.40. The average Bonchev–Trinajstić information content (AvgIpc) is 2.63. The van der Waals surface area contributed by atoms with Gasteiger partial charge in [-0.2, -0.15) is 0 Å². The highest BCUT2D eigenvalue weighted by Crippen LogP contribution is 2.23. The number of carbonyl (C=O) groups excluding carboxylic acids is 2. The third kappa shape index (κ3) is 8.35. The number of carbonyl (C=O) groups is 3. The number of ether oxygens (including phenoxy) is 3. The molecule has 1 fully saturated rings. The molecule has 2 amide bonds. The van der Waals surface area contributed by atoms with E-state index >= 15 is 0 Å². The highest BCUT2D eigenvalue weighted by molar-refractivity contribution is 5.73. The van der Waals surface area contributed by atoms with E-state index in [0.29, 0.717) is 12.8 Å². The zero-order valence-corrected chi connectivity index (χ0v) is 15.6. The quantitative estimate of drug-likeness (QED) is 0.208. The lowest BCUT2D eigenvalue weighted by Gasteiger charge is -2.42. The number of carboxylic acids is 1. The van der Waals surface area contributed by atoms with Crippen LogP contribution >= 0.6 is 0 Å². The normalized spacial score (nSPS) is 27.1. The Bertz CT molecular complexity index is 518. The summed E-state index contributed by atoms with van der Waals surface area (Å²) in [7, 11) is 0. The topological polar surface area (TPSA) is 184 Å². The van der Waals surface area contributed by atoms with Gasteiger partial charge in [-0.05, 0) is 12.8 Å². The first-order valence-corrected chi connectivity index (χ1v) is 8.89. The summed E-state index contributed by atoms with van der Waals surface area (Å²) < 4.78 is 15.9. The van der Waals surface area contributed by atoms with Crippen LogP contribution in [0.3, 0.4) is 0 Å². The molecule has 12 nitrogen and oxygen atoms in total. The van der Waals surface area contributed by atoms with E-state index in [0.717, 1.165) is 0 Å². The molecule has 6 N–H and O–H groups in total. The van der Waals surface area contributed by atoms with Gasteiger partial charge < -0.3 is 45.3 Å². The maximum Gasteiger partial charge on any atom is 0.407 e. The van der Waals surface area contributed by atoms with Crippen LogP contribution in [0.4, 0.5) is 4.79 Å². The summed E-state index contributed by atoms with van der Waals surface area (Å²) >= 11 is 0. The number of aliphatic hydroxyl groups excluding tert-OH is 3. The molecule has 1 aliphatic heterocycles. The molecule has 1 rings (SSSR count). The number of hydrogen-bond donors (Lipinski definition) is 6. The number of nitrogens with one attached hydrogen (secondary N) is 2. The first kappa shape index (κ1) is 24.0. The molecule has 0 aliphatic carbocycles. The van der Waals surface area contributed by atoms with E-state index in [1.165, 1.54) is 6.92 Å². The predicted octanol–water partition coefficient (Wildman–Crippen LogP) is -2.07. The highest BCUT2D eigenvalue weighted by Gasteiger charge is 2.46. The van der Waals surface area contributed by atoms with Gasteiger partial charge in [-0.15, -0.1) is 0 Å². The van der Waals surface area contributed by atoms with Gasteiger partial charge in [0, 0.05) is 26.5 Å². The molecular weight excluding hydrogens is 380 g/mol. The fourth-order valence-electron chi connectivity index (χ4n) is 2.54. The number of carboxylic acid groups (broad SMARTS) is 1. The molecule has 0 aromatic carbocycles. The Hall–Kier alpha value is -1.99. The largest absolute Gasteiger partial charge is 0.481 e. The number of rotatable bonds is 11. The third-order valence-corrected chi connectivity index (χ3v) is 3.90. The van der Waals surface area contributed by atoms with E-state index in [2.05, 4.69) is 10.6 Å². The summed E-state index contributed by atoms with van der Waals surface area (Å²) in [5, 5.41) is 42.5. The minimum absolute atomic E-state index is 0.0117. The van der Waals surface area contributed by atoms with Gasteiger partial charge in [0.15, 0.2) is 6.29 Å². The summed E-state index contributed by atoms with van der Waals surface area (Å²) in [6, 6.07) is -1.06. The first-order valence-electron chi connectivity index (χ1n) is 8.89. The van der Waals surface area contributed by atoms with Crippen molar-refractivity contribution < 1.29 is 49.0 Å². The van der Waals surface area contributed by atoms with Gasteiger partial charge in [-0.25, -0.2) is 4.79 Å². The molecule has 0 saturated carbocycles. The van der Waals surface area contributed by atoms with Crippen LogP contribution in [0.15, 0.2) is 0 Å². The molecule has 0 aromatic heterocycles. The molecular formula is C16H28N2O10. The zero-order chi connectivity index (χ0) is 21.1. The van der Waals surface area contributed by atoms with Crippen molar-refractivity contribution in [3.8, 4) is 0 Å². The van der Waals surface area contributed by atoms with Crippen molar-refractivity contribution in [1.29, 1.82) is 0 Å². The van der Waals surface area contributed by atoms with Crippen molar-refractivity contribution in [3.63, 3.8) is 0 Å². The Morgan fingerprint density at radius 1 is 1.14 bits per heavy atom. The molecule has 0 radical (unpaired) electrons. The number of hydrogen-bond acceptors (Lipinski definition) is 9. The SMILES string of the molecule is CC(=O)NC1C(OCCCCC(=O)O)OC(COC(=O)NCCO)C(O)C1O. The van der Waals surface area contributed by atoms with Gasteiger partial charge in [0.25, 0.3) is 0 Å². The van der Waals surface area contributed by atoms with Crippen molar-refractivity contribution in [3.05, 3.63) is 0 Å². The van der Waals surface area contributed by atoms with Crippen molar-refractivity contribution in [1.82, 2.24) is 10.6 Å². The number of unbranched alkanes of at least 4 members (excludes halogenated alkanes) is 1. The van der Waals surface area contributed by atoms with E-state index < -0.39 is 55.2 Å². The molecule has 1 heterocycles. The lowest BCUT2D eigenvalue weighted by atomic mass is 9.97. The Morgan fingerprint density at radius 2 is 1.86 bits per heavy atom. The Balaban J connectivity index is 2.64. The predicted molar refractivity (Wildman–Crippen MR) is 92.2 cm³/mol. The molecule has 1 saturated heterocycles. The lowest BCUT2D eigenvalue weighted by molar-refractivity contribution is -0.270. The Morgan fingerprint density at radius 3 is 2.46 bits per heavy atom.